The van der Waals surface area contributed by atoms with Crippen LogP contribution in [0.25, 0.3) is 0 Å². The molecule has 0 spiro atoms. The number of thiophene rings is 1. The summed E-state index contributed by atoms with van der Waals surface area (Å²) in [6, 6.07) is -0.377. The molecule has 0 aromatic carbocycles. The lowest BCUT2D eigenvalue weighted by molar-refractivity contribution is 0.0697. The van der Waals surface area contributed by atoms with Crippen LogP contribution in [0.3, 0.4) is 0 Å². The summed E-state index contributed by atoms with van der Waals surface area (Å²) in [4.78, 5) is 24.1. The molecule has 1 saturated heterocycles. The average molecular weight is 312 g/mol. The zero-order valence-corrected chi connectivity index (χ0v) is 13.2. The van der Waals surface area contributed by atoms with Crippen molar-refractivity contribution in [2.45, 2.75) is 33.3 Å². The number of carbonyl (C=O) groups excluding carboxylic acids is 1. The Kier molecular flexibility index (Phi) is 4.84. The second-order valence-electron chi connectivity index (χ2n) is 5.25. The van der Waals surface area contributed by atoms with E-state index in [9.17, 15) is 14.7 Å². The predicted octanol–water partition coefficient (Wildman–Crippen LogP) is 2.61. The summed E-state index contributed by atoms with van der Waals surface area (Å²) < 4.78 is 5.44. The number of carboxylic acids is 1. The fourth-order valence-corrected chi connectivity index (χ4v) is 3.44. The number of ether oxygens (including phenoxy) is 1. The highest BCUT2D eigenvalue weighted by Crippen LogP contribution is 2.32. The molecule has 2 amide bonds. The highest BCUT2D eigenvalue weighted by atomic mass is 32.1. The summed E-state index contributed by atoms with van der Waals surface area (Å²) in [6.45, 7) is 6.83. The van der Waals surface area contributed by atoms with Gasteiger partial charge in [-0.2, -0.15) is 0 Å². The lowest BCUT2D eigenvalue weighted by Gasteiger charge is -2.15. The summed E-state index contributed by atoms with van der Waals surface area (Å²) in [5, 5.41) is 15.0. The molecule has 1 aliphatic heterocycles. The molecular weight excluding hydrogens is 292 g/mol. The summed E-state index contributed by atoms with van der Waals surface area (Å²) in [5.41, 5.74) is 0.867. The molecule has 0 radical (unpaired) electrons. The fourth-order valence-electron chi connectivity index (χ4n) is 2.39. The first-order valence-electron chi connectivity index (χ1n) is 6.90. The second kappa shape index (κ2) is 6.44. The number of hydrogen-bond donors (Lipinski definition) is 3. The van der Waals surface area contributed by atoms with E-state index >= 15 is 0 Å². The molecule has 6 nitrogen and oxygen atoms in total. The molecule has 0 bridgehead atoms. The van der Waals surface area contributed by atoms with E-state index in [1.165, 1.54) is 11.3 Å². The van der Waals surface area contributed by atoms with Gasteiger partial charge in [-0.05, 0) is 32.8 Å². The van der Waals surface area contributed by atoms with Crippen molar-refractivity contribution in [3.8, 4) is 0 Å². The van der Waals surface area contributed by atoms with Crippen molar-refractivity contribution in [3.63, 3.8) is 0 Å². The van der Waals surface area contributed by atoms with Gasteiger partial charge < -0.3 is 15.2 Å². The highest BCUT2D eigenvalue weighted by Gasteiger charge is 2.25. The number of aromatic carboxylic acids is 1. The number of nitrogens with one attached hydrogen (secondary N) is 2. The Morgan fingerprint density at radius 2 is 2.14 bits per heavy atom. The zero-order valence-electron chi connectivity index (χ0n) is 12.4. The van der Waals surface area contributed by atoms with Crippen molar-refractivity contribution in [1.29, 1.82) is 0 Å². The van der Waals surface area contributed by atoms with E-state index in [2.05, 4.69) is 10.6 Å². The molecular formula is C14H20N2O4S. The Bertz CT molecular complexity index is 555. The number of urea groups is 1. The smallest absolute Gasteiger partial charge is 0.338 e. The van der Waals surface area contributed by atoms with Gasteiger partial charge in [-0.15, -0.1) is 11.3 Å². The van der Waals surface area contributed by atoms with Crippen LogP contribution in [0.4, 0.5) is 9.80 Å². The molecule has 21 heavy (non-hydrogen) atoms. The van der Waals surface area contributed by atoms with Crippen LogP contribution in [0, 0.1) is 19.8 Å². The number of carboxylic acid groups (broad SMARTS) is 1. The number of anilines is 1. The Labute approximate surface area is 127 Å². The van der Waals surface area contributed by atoms with Gasteiger partial charge in [-0.3, -0.25) is 5.32 Å². The molecule has 2 heterocycles. The van der Waals surface area contributed by atoms with Crippen molar-refractivity contribution >= 4 is 28.3 Å². The highest BCUT2D eigenvalue weighted by molar-refractivity contribution is 7.16. The Morgan fingerprint density at radius 3 is 2.71 bits per heavy atom. The summed E-state index contributed by atoms with van der Waals surface area (Å²) in [7, 11) is 0. The van der Waals surface area contributed by atoms with E-state index in [-0.39, 0.29) is 17.7 Å². The van der Waals surface area contributed by atoms with Gasteiger partial charge in [0.25, 0.3) is 0 Å². The Balaban J connectivity index is 1.96. The van der Waals surface area contributed by atoms with E-state index in [1.807, 2.05) is 13.8 Å². The van der Waals surface area contributed by atoms with Crippen LogP contribution in [0.15, 0.2) is 0 Å². The standard InChI is InChI=1S/C14H20N2O4S/c1-7-9(3)21-12(11(7)13(17)18)16-14(19)15-6-10-4-5-20-8(10)2/h8,10H,4-6H2,1-3H3,(H,17,18)(H2,15,16,19). The third-order valence-corrected chi connectivity index (χ3v) is 5.01. The van der Waals surface area contributed by atoms with Gasteiger partial charge in [0, 0.05) is 23.9 Å². The molecule has 3 N–H and O–H groups in total. The van der Waals surface area contributed by atoms with Gasteiger partial charge in [0.1, 0.15) is 5.00 Å². The third kappa shape index (κ3) is 3.54. The van der Waals surface area contributed by atoms with Gasteiger partial charge >= 0.3 is 12.0 Å². The van der Waals surface area contributed by atoms with Crippen LogP contribution in [0.1, 0.15) is 34.1 Å². The van der Waals surface area contributed by atoms with Crippen LogP contribution in [0.2, 0.25) is 0 Å². The van der Waals surface area contributed by atoms with Gasteiger partial charge in [-0.25, -0.2) is 9.59 Å². The lowest BCUT2D eigenvalue weighted by Crippen LogP contribution is -2.35. The first kappa shape index (κ1) is 15.8. The first-order valence-corrected chi connectivity index (χ1v) is 7.71. The monoisotopic (exact) mass is 312 g/mol. The van der Waals surface area contributed by atoms with Crippen LogP contribution in [-0.2, 0) is 4.74 Å². The van der Waals surface area contributed by atoms with Gasteiger partial charge in [0.15, 0.2) is 0 Å². The maximum Gasteiger partial charge on any atom is 0.338 e. The summed E-state index contributed by atoms with van der Waals surface area (Å²) in [5.74, 6) is -0.716. The van der Waals surface area contributed by atoms with Crippen LogP contribution in [0.5, 0.6) is 0 Å². The van der Waals surface area contributed by atoms with Gasteiger partial charge in [0.2, 0.25) is 0 Å². The molecule has 1 fully saturated rings. The van der Waals surface area contributed by atoms with E-state index in [0.29, 0.717) is 23.0 Å². The van der Waals surface area contributed by atoms with Gasteiger partial charge in [0.05, 0.1) is 11.7 Å². The number of hydrogen-bond acceptors (Lipinski definition) is 4. The minimum Gasteiger partial charge on any atom is -0.478 e. The third-order valence-electron chi connectivity index (χ3n) is 3.88. The normalized spacial score (nSPS) is 21.3. The number of rotatable bonds is 4. The Morgan fingerprint density at radius 1 is 1.43 bits per heavy atom. The lowest BCUT2D eigenvalue weighted by atomic mass is 10.0. The van der Waals surface area contributed by atoms with Crippen molar-refractivity contribution < 1.29 is 19.4 Å². The van der Waals surface area contributed by atoms with Crippen molar-refractivity contribution in [2.24, 2.45) is 5.92 Å². The largest absolute Gasteiger partial charge is 0.478 e. The summed E-state index contributed by atoms with van der Waals surface area (Å²) in [6.07, 6.45) is 1.07. The molecule has 0 aliphatic carbocycles. The van der Waals surface area contributed by atoms with Crippen LogP contribution in [-0.4, -0.2) is 36.4 Å². The first-order chi connectivity index (χ1) is 9.90. The molecule has 1 aromatic rings. The SMILES string of the molecule is Cc1sc(NC(=O)NCC2CCOC2C)c(C(=O)O)c1C. The number of carbonyl (C=O) groups is 2. The number of amides is 2. The van der Waals surface area contributed by atoms with E-state index in [4.69, 9.17) is 4.74 Å². The molecule has 2 atom stereocenters. The van der Waals surface area contributed by atoms with E-state index in [1.54, 1.807) is 6.92 Å². The average Bonchev–Trinajstić information content (AvgIpc) is 2.92. The van der Waals surface area contributed by atoms with E-state index < -0.39 is 5.97 Å². The maximum absolute atomic E-state index is 11.9. The van der Waals surface area contributed by atoms with Crippen molar-refractivity contribution in [3.05, 3.63) is 16.0 Å². The molecule has 1 aromatic heterocycles. The molecule has 7 heteroatoms. The second-order valence-corrected chi connectivity index (χ2v) is 6.48. The molecule has 0 saturated carbocycles. The van der Waals surface area contributed by atoms with Crippen molar-refractivity contribution in [2.75, 3.05) is 18.5 Å². The van der Waals surface area contributed by atoms with E-state index in [0.717, 1.165) is 17.9 Å². The van der Waals surface area contributed by atoms with Gasteiger partial charge in [-0.1, -0.05) is 0 Å². The molecule has 116 valence electrons. The Hall–Kier alpha value is -1.60. The fraction of sp³-hybridized carbons (Fsp3) is 0.571. The minimum absolute atomic E-state index is 0.145. The topological polar surface area (TPSA) is 87.7 Å². The van der Waals surface area contributed by atoms with Crippen molar-refractivity contribution in [1.82, 2.24) is 5.32 Å². The molecule has 1 aliphatic rings. The minimum atomic E-state index is -1.02. The summed E-state index contributed by atoms with van der Waals surface area (Å²) >= 11 is 1.28. The van der Waals surface area contributed by atoms with Crippen LogP contribution < -0.4 is 10.6 Å². The molecule has 2 rings (SSSR count). The van der Waals surface area contributed by atoms with Crippen LogP contribution >= 0.6 is 11.3 Å². The number of aryl methyl sites for hydroxylation is 1. The predicted molar refractivity (Wildman–Crippen MR) is 81.3 cm³/mol. The quantitative estimate of drug-likeness (QED) is 0.797. The molecule has 2 unspecified atom stereocenters. The maximum atomic E-state index is 11.9. The zero-order chi connectivity index (χ0) is 15.6.